The van der Waals surface area contributed by atoms with Crippen LogP contribution in [-0.2, 0) is 6.61 Å². The van der Waals surface area contributed by atoms with Crippen LogP contribution in [0.4, 0.5) is 5.69 Å². The molecule has 2 aromatic carbocycles. The summed E-state index contributed by atoms with van der Waals surface area (Å²) < 4.78 is 16.6. The summed E-state index contributed by atoms with van der Waals surface area (Å²) in [4.78, 5) is 9.24. The SMILES string of the molecule is Cc1noc(C)c1-c1nc(COc2ccc3cccc(N4CCN(C)CC4)c3c2)no1. The van der Waals surface area contributed by atoms with E-state index in [9.17, 15) is 0 Å². The zero-order chi connectivity index (χ0) is 21.4. The zero-order valence-corrected chi connectivity index (χ0v) is 18.0. The molecule has 8 heteroatoms. The molecule has 0 N–H and O–H groups in total. The minimum Gasteiger partial charge on any atom is -0.485 e. The predicted octanol–water partition coefficient (Wildman–Crippen LogP) is 3.83. The smallest absolute Gasteiger partial charge is 0.263 e. The lowest BCUT2D eigenvalue weighted by Gasteiger charge is -2.34. The van der Waals surface area contributed by atoms with Crippen molar-refractivity contribution in [2.24, 2.45) is 0 Å². The van der Waals surface area contributed by atoms with Gasteiger partial charge in [-0.3, -0.25) is 0 Å². The summed E-state index contributed by atoms with van der Waals surface area (Å²) in [5.74, 6) is 2.30. The van der Waals surface area contributed by atoms with Crippen molar-refractivity contribution in [3.8, 4) is 17.2 Å². The van der Waals surface area contributed by atoms with Crippen LogP contribution in [-0.4, -0.2) is 53.4 Å². The molecule has 0 amide bonds. The van der Waals surface area contributed by atoms with Crippen molar-refractivity contribution in [1.29, 1.82) is 0 Å². The molecule has 1 aliphatic rings. The number of fused-ring (bicyclic) bond motifs is 1. The average molecular weight is 419 g/mol. The van der Waals surface area contributed by atoms with E-state index in [1.807, 2.05) is 19.9 Å². The van der Waals surface area contributed by atoms with Crippen LogP contribution in [0.25, 0.3) is 22.2 Å². The molecule has 0 radical (unpaired) electrons. The molecular formula is C23H25N5O3. The first-order chi connectivity index (χ1) is 15.1. The van der Waals surface area contributed by atoms with E-state index in [1.165, 1.54) is 16.5 Å². The predicted molar refractivity (Wildman–Crippen MR) is 117 cm³/mol. The third kappa shape index (κ3) is 3.86. The monoisotopic (exact) mass is 419 g/mol. The summed E-state index contributed by atoms with van der Waals surface area (Å²) in [6.45, 7) is 8.06. The first kappa shape index (κ1) is 19.6. The Labute approximate surface area is 180 Å². The number of rotatable bonds is 5. The number of piperazine rings is 1. The number of likely N-dealkylation sites (N-methyl/N-ethyl adjacent to an activating group) is 1. The largest absolute Gasteiger partial charge is 0.485 e. The minimum absolute atomic E-state index is 0.217. The van der Waals surface area contributed by atoms with Gasteiger partial charge in [0.15, 0.2) is 6.61 Å². The number of nitrogens with zero attached hydrogens (tertiary/aromatic N) is 5. The zero-order valence-electron chi connectivity index (χ0n) is 18.0. The van der Waals surface area contributed by atoms with Crippen LogP contribution in [0.15, 0.2) is 45.4 Å². The Balaban J connectivity index is 1.35. The first-order valence-corrected chi connectivity index (χ1v) is 10.4. The van der Waals surface area contributed by atoms with E-state index in [0.717, 1.165) is 43.2 Å². The van der Waals surface area contributed by atoms with Gasteiger partial charge in [-0.2, -0.15) is 4.98 Å². The molecule has 160 valence electrons. The lowest BCUT2D eigenvalue weighted by Crippen LogP contribution is -2.44. The molecule has 0 bridgehead atoms. The van der Waals surface area contributed by atoms with Gasteiger partial charge in [0.25, 0.3) is 5.89 Å². The molecular weight excluding hydrogens is 394 g/mol. The molecule has 0 saturated carbocycles. The highest BCUT2D eigenvalue weighted by molar-refractivity contribution is 5.95. The van der Waals surface area contributed by atoms with Gasteiger partial charge in [0.2, 0.25) is 5.82 Å². The second kappa shape index (κ2) is 8.03. The van der Waals surface area contributed by atoms with Crippen molar-refractivity contribution in [1.82, 2.24) is 20.2 Å². The first-order valence-electron chi connectivity index (χ1n) is 10.4. The van der Waals surface area contributed by atoms with E-state index in [0.29, 0.717) is 17.5 Å². The van der Waals surface area contributed by atoms with E-state index >= 15 is 0 Å². The van der Waals surface area contributed by atoms with Crippen LogP contribution in [0.3, 0.4) is 0 Å². The molecule has 0 aliphatic carbocycles. The van der Waals surface area contributed by atoms with Gasteiger partial charge in [-0.1, -0.05) is 28.5 Å². The fraction of sp³-hybridized carbons (Fsp3) is 0.348. The van der Waals surface area contributed by atoms with E-state index in [4.69, 9.17) is 13.8 Å². The van der Waals surface area contributed by atoms with Gasteiger partial charge >= 0.3 is 0 Å². The van der Waals surface area contributed by atoms with Crippen molar-refractivity contribution >= 4 is 16.5 Å². The maximum atomic E-state index is 6.00. The minimum atomic E-state index is 0.217. The van der Waals surface area contributed by atoms with Crippen LogP contribution < -0.4 is 9.64 Å². The molecule has 1 saturated heterocycles. The Hall–Kier alpha value is -3.39. The normalized spacial score (nSPS) is 15.0. The fourth-order valence-electron chi connectivity index (χ4n) is 4.00. The number of aryl methyl sites for hydroxylation is 2. The van der Waals surface area contributed by atoms with Crippen molar-refractivity contribution in [2.45, 2.75) is 20.5 Å². The highest BCUT2D eigenvalue weighted by Crippen LogP contribution is 2.31. The van der Waals surface area contributed by atoms with Crippen molar-refractivity contribution in [3.05, 3.63) is 53.7 Å². The van der Waals surface area contributed by atoms with Gasteiger partial charge in [0, 0.05) is 37.3 Å². The Morgan fingerprint density at radius 2 is 1.84 bits per heavy atom. The molecule has 4 aromatic rings. The third-order valence-electron chi connectivity index (χ3n) is 5.76. The molecule has 3 heterocycles. The van der Waals surface area contributed by atoms with E-state index in [-0.39, 0.29) is 6.61 Å². The molecule has 1 fully saturated rings. The molecule has 1 aliphatic heterocycles. The van der Waals surface area contributed by atoms with E-state index in [2.05, 4.69) is 62.5 Å². The Morgan fingerprint density at radius 1 is 1.00 bits per heavy atom. The number of hydrogen-bond donors (Lipinski definition) is 0. The molecule has 0 atom stereocenters. The third-order valence-corrected chi connectivity index (χ3v) is 5.76. The Kier molecular flexibility index (Phi) is 5.07. The summed E-state index contributed by atoms with van der Waals surface area (Å²) in [6, 6.07) is 12.6. The molecule has 8 nitrogen and oxygen atoms in total. The van der Waals surface area contributed by atoms with Crippen LogP contribution in [0, 0.1) is 13.8 Å². The lowest BCUT2D eigenvalue weighted by atomic mass is 10.1. The molecule has 2 aromatic heterocycles. The van der Waals surface area contributed by atoms with E-state index < -0.39 is 0 Å². The van der Waals surface area contributed by atoms with Gasteiger partial charge in [0.05, 0.1) is 5.69 Å². The maximum absolute atomic E-state index is 6.00. The maximum Gasteiger partial charge on any atom is 0.263 e. The highest BCUT2D eigenvalue weighted by Gasteiger charge is 2.19. The number of hydrogen-bond acceptors (Lipinski definition) is 8. The summed E-state index contributed by atoms with van der Waals surface area (Å²) in [6.07, 6.45) is 0. The van der Waals surface area contributed by atoms with Crippen LogP contribution >= 0.6 is 0 Å². The Bertz CT molecular complexity index is 1190. The van der Waals surface area contributed by atoms with Crippen LogP contribution in [0.5, 0.6) is 5.75 Å². The lowest BCUT2D eigenvalue weighted by molar-refractivity contribution is 0.287. The molecule has 5 rings (SSSR count). The molecule has 0 spiro atoms. The summed E-state index contributed by atoms with van der Waals surface area (Å²) >= 11 is 0. The fourth-order valence-corrected chi connectivity index (χ4v) is 4.00. The van der Waals surface area contributed by atoms with Crippen molar-refractivity contribution in [3.63, 3.8) is 0 Å². The Morgan fingerprint density at radius 3 is 2.61 bits per heavy atom. The number of benzene rings is 2. The van der Waals surface area contributed by atoms with Crippen molar-refractivity contribution in [2.75, 3.05) is 38.1 Å². The second-order valence-corrected chi connectivity index (χ2v) is 7.95. The van der Waals surface area contributed by atoms with Gasteiger partial charge in [-0.05, 0) is 44.5 Å². The van der Waals surface area contributed by atoms with Crippen LogP contribution in [0.1, 0.15) is 17.3 Å². The summed E-state index contributed by atoms with van der Waals surface area (Å²) in [7, 11) is 2.17. The topological polar surface area (TPSA) is 80.7 Å². The van der Waals surface area contributed by atoms with Crippen molar-refractivity contribution < 1.29 is 13.8 Å². The molecule has 0 unspecified atom stereocenters. The average Bonchev–Trinajstić information content (AvgIpc) is 3.38. The highest BCUT2D eigenvalue weighted by atomic mass is 16.5. The summed E-state index contributed by atoms with van der Waals surface area (Å²) in [5, 5.41) is 10.4. The number of aromatic nitrogens is 3. The van der Waals surface area contributed by atoms with Gasteiger partial charge < -0.3 is 23.6 Å². The second-order valence-electron chi connectivity index (χ2n) is 7.95. The van der Waals surface area contributed by atoms with Gasteiger partial charge in [0.1, 0.15) is 17.1 Å². The van der Waals surface area contributed by atoms with Gasteiger partial charge in [-0.15, -0.1) is 0 Å². The van der Waals surface area contributed by atoms with Crippen LogP contribution in [0.2, 0.25) is 0 Å². The number of anilines is 1. The van der Waals surface area contributed by atoms with E-state index in [1.54, 1.807) is 0 Å². The summed E-state index contributed by atoms with van der Waals surface area (Å²) in [5.41, 5.74) is 2.71. The number of ether oxygens (including phenoxy) is 1. The quantitative estimate of drug-likeness (QED) is 0.483. The van der Waals surface area contributed by atoms with Gasteiger partial charge in [-0.25, -0.2) is 0 Å². The molecule has 31 heavy (non-hydrogen) atoms. The standard InChI is InChI=1S/C23H25N5O3/c1-15-22(16(2)30-25-15)23-24-21(26-31-23)14-29-18-8-7-17-5-4-6-20(19(17)13-18)28-11-9-27(3)10-12-28/h4-8,13H,9-12,14H2,1-3H3.